The van der Waals surface area contributed by atoms with E-state index in [1.807, 2.05) is 30.3 Å². The van der Waals surface area contributed by atoms with E-state index >= 15 is 0 Å². The molecular formula is C14H15N3O2. The van der Waals surface area contributed by atoms with Crippen LogP contribution < -0.4 is 5.32 Å². The van der Waals surface area contributed by atoms with Crippen molar-refractivity contribution in [3.05, 3.63) is 47.7 Å². The van der Waals surface area contributed by atoms with Gasteiger partial charge in [0.2, 0.25) is 5.91 Å². The van der Waals surface area contributed by atoms with Gasteiger partial charge in [0.05, 0.1) is 11.8 Å². The van der Waals surface area contributed by atoms with E-state index in [4.69, 9.17) is 0 Å². The van der Waals surface area contributed by atoms with Crippen LogP contribution in [0.5, 0.6) is 0 Å². The van der Waals surface area contributed by atoms with Crippen LogP contribution in [0.4, 0.5) is 5.82 Å². The van der Waals surface area contributed by atoms with E-state index < -0.39 is 0 Å². The molecule has 98 valence electrons. The summed E-state index contributed by atoms with van der Waals surface area (Å²) < 4.78 is 0. The highest BCUT2D eigenvalue weighted by atomic mass is 16.1. The van der Waals surface area contributed by atoms with Crippen LogP contribution in [0.2, 0.25) is 0 Å². The van der Waals surface area contributed by atoms with E-state index in [2.05, 4.69) is 15.5 Å². The van der Waals surface area contributed by atoms with Crippen molar-refractivity contribution in [1.82, 2.24) is 10.2 Å². The van der Waals surface area contributed by atoms with Gasteiger partial charge in [0.15, 0.2) is 5.78 Å². The van der Waals surface area contributed by atoms with Crippen molar-refractivity contribution in [2.24, 2.45) is 0 Å². The smallest absolute Gasteiger partial charge is 0.222 e. The summed E-state index contributed by atoms with van der Waals surface area (Å²) in [4.78, 5) is 23.1. The molecule has 1 aromatic carbocycles. The Kier molecular flexibility index (Phi) is 4.07. The zero-order valence-electron chi connectivity index (χ0n) is 10.6. The molecule has 0 saturated heterocycles. The Hall–Kier alpha value is -2.43. The fourth-order valence-electron chi connectivity index (χ4n) is 1.81. The Morgan fingerprint density at radius 3 is 2.68 bits per heavy atom. The Bertz CT molecular complexity index is 575. The molecule has 0 radical (unpaired) electrons. The lowest BCUT2D eigenvalue weighted by molar-refractivity contribution is -0.114. The molecule has 5 nitrogen and oxygen atoms in total. The molecule has 2 N–H and O–H groups in total. The lowest BCUT2D eigenvalue weighted by Gasteiger charge is -2.03. The SMILES string of the molecule is CC(=O)Nc1[nH]ncc1C(=O)CCc1ccccc1. The molecule has 19 heavy (non-hydrogen) atoms. The maximum Gasteiger partial charge on any atom is 0.222 e. The molecule has 0 atom stereocenters. The average Bonchev–Trinajstić information content (AvgIpc) is 2.84. The van der Waals surface area contributed by atoms with Gasteiger partial charge in [-0.2, -0.15) is 5.10 Å². The second kappa shape index (κ2) is 5.95. The van der Waals surface area contributed by atoms with Gasteiger partial charge < -0.3 is 5.32 Å². The quantitative estimate of drug-likeness (QED) is 0.806. The number of hydrogen-bond acceptors (Lipinski definition) is 3. The number of hydrogen-bond donors (Lipinski definition) is 2. The lowest BCUT2D eigenvalue weighted by atomic mass is 10.0. The predicted octanol–water partition coefficient (Wildman–Crippen LogP) is 2.18. The Balaban J connectivity index is 2.00. The van der Waals surface area contributed by atoms with Crippen molar-refractivity contribution in [3.8, 4) is 0 Å². The van der Waals surface area contributed by atoms with Crippen molar-refractivity contribution in [2.75, 3.05) is 5.32 Å². The Morgan fingerprint density at radius 1 is 1.26 bits per heavy atom. The van der Waals surface area contributed by atoms with Crippen LogP contribution in [0.1, 0.15) is 29.3 Å². The number of nitrogens with zero attached hydrogens (tertiary/aromatic N) is 1. The van der Waals surface area contributed by atoms with E-state index in [9.17, 15) is 9.59 Å². The number of aryl methyl sites for hydroxylation is 1. The number of nitrogens with one attached hydrogen (secondary N) is 2. The number of aromatic amines is 1. The van der Waals surface area contributed by atoms with Crippen molar-refractivity contribution in [3.63, 3.8) is 0 Å². The molecule has 2 rings (SSSR count). The minimum absolute atomic E-state index is 0.0404. The number of ketones is 1. The summed E-state index contributed by atoms with van der Waals surface area (Å²) in [5, 5.41) is 8.96. The van der Waals surface area contributed by atoms with E-state index in [0.29, 0.717) is 24.2 Å². The summed E-state index contributed by atoms with van der Waals surface area (Å²) in [7, 11) is 0. The normalized spacial score (nSPS) is 10.2. The molecule has 0 saturated carbocycles. The Morgan fingerprint density at radius 2 is 2.00 bits per heavy atom. The van der Waals surface area contributed by atoms with Gasteiger partial charge in [-0.15, -0.1) is 0 Å². The summed E-state index contributed by atoms with van der Waals surface area (Å²) in [6, 6.07) is 9.80. The standard InChI is InChI=1S/C14H15N3O2/c1-10(18)16-14-12(9-15-17-14)13(19)8-7-11-5-3-2-4-6-11/h2-6,9H,7-8H2,1H3,(H2,15,16,17,18). The van der Waals surface area contributed by atoms with Gasteiger partial charge in [-0.3, -0.25) is 14.7 Å². The van der Waals surface area contributed by atoms with Crippen LogP contribution in [0.15, 0.2) is 36.5 Å². The van der Waals surface area contributed by atoms with Gasteiger partial charge in [-0.1, -0.05) is 30.3 Å². The van der Waals surface area contributed by atoms with Gasteiger partial charge in [-0.05, 0) is 12.0 Å². The second-order valence-corrected chi connectivity index (χ2v) is 4.25. The second-order valence-electron chi connectivity index (χ2n) is 4.25. The number of benzene rings is 1. The molecule has 0 aliphatic rings. The first kappa shape index (κ1) is 13.0. The summed E-state index contributed by atoms with van der Waals surface area (Å²) in [5.74, 6) is 0.0910. The summed E-state index contributed by atoms with van der Waals surface area (Å²) in [6.07, 6.45) is 2.50. The molecule has 1 aromatic heterocycles. The van der Waals surface area contributed by atoms with E-state index in [1.165, 1.54) is 13.1 Å². The molecular weight excluding hydrogens is 242 g/mol. The van der Waals surface area contributed by atoms with Gasteiger partial charge in [-0.25, -0.2) is 0 Å². The van der Waals surface area contributed by atoms with E-state index in [-0.39, 0.29) is 11.7 Å². The van der Waals surface area contributed by atoms with Crippen molar-refractivity contribution in [1.29, 1.82) is 0 Å². The number of H-pyrrole nitrogens is 1. The maximum atomic E-state index is 12.1. The molecule has 1 heterocycles. The molecule has 0 unspecified atom stereocenters. The first-order chi connectivity index (χ1) is 9.16. The minimum Gasteiger partial charge on any atom is -0.311 e. The molecule has 0 fully saturated rings. The topological polar surface area (TPSA) is 74.8 Å². The minimum atomic E-state index is -0.235. The van der Waals surface area contributed by atoms with Gasteiger partial charge in [0, 0.05) is 13.3 Å². The number of aromatic nitrogens is 2. The molecule has 2 aromatic rings. The van der Waals surface area contributed by atoms with Crippen LogP contribution in [0, 0.1) is 0 Å². The Labute approximate surface area is 111 Å². The number of Topliss-reactive ketones (excluding diaryl/α,β-unsaturated/α-hetero) is 1. The van der Waals surface area contributed by atoms with Crippen molar-refractivity contribution < 1.29 is 9.59 Å². The number of anilines is 1. The maximum absolute atomic E-state index is 12.1. The van der Waals surface area contributed by atoms with Gasteiger partial charge in [0.1, 0.15) is 5.82 Å². The zero-order valence-corrected chi connectivity index (χ0v) is 10.6. The fraction of sp³-hybridized carbons (Fsp3) is 0.214. The van der Waals surface area contributed by atoms with Crippen molar-refractivity contribution in [2.45, 2.75) is 19.8 Å². The van der Waals surface area contributed by atoms with Gasteiger partial charge in [0.25, 0.3) is 0 Å². The van der Waals surface area contributed by atoms with Crippen LogP contribution in [0.25, 0.3) is 0 Å². The number of carbonyl (C=O) groups excluding carboxylic acids is 2. The molecule has 0 bridgehead atoms. The van der Waals surface area contributed by atoms with Crippen LogP contribution in [0.3, 0.4) is 0 Å². The fourth-order valence-corrected chi connectivity index (χ4v) is 1.81. The zero-order chi connectivity index (χ0) is 13.7. The molecule has 0 spiro atoms. The predicted molar refractivity (Wildman–Crippen MR) is 72.0 cm³/mol. The van der Waals surface area contributed by atoms with Crippen LogP contribution in [-0.4, -0.2) is 21.9 Å². The number of carbonyl (C=O) groups is 2. The molecule has 1 amide bonds. The number of amides is 1. The highest BCUT2D eigenvalue weighted by molar-refractivity contribution is 6.03. The highest BCUT2D eigenvalue weighted by Gasteiger charge is 2.14. The average molecular weight is 257 g/mol. The monoisotopic (exact) mass is 257 g/mol. The van der Waals surface area contributed by atoms with E-state index in [1.54, 1.807) is 0 Å². The van der Waals surface area contributed by atoms with Crippen molar-refractivity contribution >= 4 is 17.5 Å². The first-order valence-electron chi connectivity index (χ1n) is 6.05. The summed E-state index contributed by atoms with van der Waals surface area (Å²) in [5.41, 5.74) is 1.53. The molecule has 5 heteroatoms. The third-order valence-electron chi connectivity index (χ3n) is 2.72. The number of rotatable bonds is 5. The molecule has 0 aliphatic carbocycles. The summed E-state index contributed by atoms with van der Waals surface area (Å²) in [6.45, 7) is 1.39. The third kappa shape index (κ3) is 3.51. The van der Waals surface area contributed by atoms with E-state index in [0.717, 1.165) is 5.56 Å². The van der Waals surface area contributed by atoms with Gasteiger partial charge >= 0.3 is 0 Å². The van der Waals surface area contributed by atoms with Crippen LogP contribution in [-0.2, 0) is 11.2 Å². The first-order valence-corrected chi connectivity index (χ1v) is 6.05. The lowest BCUT2D eigenvalue weighted by Crippen LogP contribution is -2.10. The molecule has 0 aliphatic heterocycles. The largest absolute Gasteiger partial charge is 0.311 e. The van der Waals surface area contributed by atoms with Crippen LogP contribution >= 0.6 is 0 Å². The summed E-state index contributed by atoms with van der Waals surface area (Å²) >= 11 is 0. The third-order valence-corrected chi connectivity index (χ3v) is 2.72. The highest BCUT2D eigenvalue weighted by Crippen LogP contribution is 2.15.